The Morgan fingerprint density at radius 2 is 2.40 bits per heavy atom. The van der Waals surface area contributed by atoms with E-state index in [2.05, 4.69) is 10.1 Å². The molecule has 0 aliphatic carbocycles. The van der Waals surface area contributed by atoms with Crippen LogP contribution in [0.2, 0.25) is 0 Å². The summed E-state index contributed by atoms with van der Waals surface area (Å²) in [4.78, 5) is 14.4. The number of aliphatic carboxylic acids is 1. The zero-order valence-electron chi connectivity index (χ0n) is 8.13. The fourth-order valence-corrected chi connectivity index (χ4v) is 1.46. The van der Waals surface area contributed by atoms with E-state index in [4.69, 9.17) is 5.11 Å². The van der Waals surface area contributed by atoms with Crippen LogP contribution in [-0.2, 0) is 11.2 Å². The van der Waals surface area contributed by atoms with Crippen LogP contribution in [0.3, 0.4) is 0 Å². The Balaban J connectivity index is 2.04. The van der Waals surface area contributed by atoms with Crippen molar-refractivity contribution in [3.8, 4) is 0 Å². The molecule has 2 aromatic heterocycles. The summed E-state index contributed by atoms with van der Waals surface area (Å²) >= 11 is 0. The Hall–Kier alpha value is -1.91. The van der Waals surface area contributed by atoms with Crippen LogP contribution >= 0.6 is 0 Å². The molecule has 2 rings (SSSR count). The average molecular weight is 205 g/mol. The van der Waals surface area contributed by atoms with E-state index in [9.17, 15) is 4.79 Å². The molecule has 15 heavy (non-hydrogen) atoms. The van der Waals surface area contributed by atoms with Crippen LogP contribution in [0.25, 0.3) is 5.65 Å². The molecule has 1 N–H and O–H groups in total. The summed E-state index contributed by atoms with van der Waals surface area (Å²) in [6.07, 6.45) is 4.95. The van der Waals surface area contributed by atoms with Crippen molar-refractivity contribution in [2.45, 2.75) is 19.3 Å². The maximum atomic E-state index is 10.3. The minimum absolute atomic E-state index is 0.206. The molecule has 0 atom stereocenters. The second-order valence-corrected chi connectivity index (χ2v) is 3.35. The summed E-state index contributed by atoms with van der Waals surface area (Å²) in [6.45, 7) is 0. The molecule has 0 bridgehead atoms. The van der Waals surface area contributed by atoms with Crippen molar-refractivity contribution in [3.63, 3.8) is 0 Å². The first-order valence-electron chi connectivity index (χ1n) is 4.76. The molecule has 0 aromatic carbocycles. The van der Waals surface area contributed by atoms with Crippen LogP contribution in [0.4, 0.5) is 0 Å². The predicted octanol–water partition coefficient (Wildman–Crippen LogP) is 1.14. The number of pyridine rings is 1. The topological polar surface area (TPSA) is 67.5 Å². The molecule has 0 fully saturated rings. The Labute approximate surface area is 86.4 Å². The van der Waals surface area contributed by atoms with Crippen molar-refractivity contribution in [2.24, 2.45) is 0 Å². The predicted molar refractivity (Wildman–Crippen MR) is 53.6 cm³/mol. The van der Waals surface area contributed by atoms with Crippen LogP contribution in [0.5, 0.6) is 0 Å². The maximum Gasteiger partial charge on any atom is 0.303 e. The highest BCUT2D eigenvalue weighted by Crippen LogP contribution is 2.07. The number of aryl methyl sites for hydroxylation is 1. The van der Waals surface area contributed by atoms with Gasteiger partial charge in [0.2, 0.25) is 0 Å². The molecule has 0 aliphatic rings. The zero-order valence-corrected chi connectivity index (χ0v) is 8.13. The second-order valence-electron chi connectivity index (χ2n) is 3.35. The Morgan fingerprint density at radius 3 is 3.20 bits per heavy atom. The SMILES string of the molecule is O=C(O)CCCc1ccn2ncnc2c1. The smallest absolute Gasteiger partial charge is 0.303 e. The van der Waals surface area contributed by atoms with Crippen molar-refractivity contribution < 1.29 is 9.90 Å². The number of carbonyl (C=O) groups is 1. The molecular weight excluding hydrogens is 194 g/mol. The summed E-state index contributed by atoms with van der Waals surface area (Å²) in [5.41, 5.74) is 1.89. The van der Waals surface area contributed by atoms with Gasteiger partial charge in [0.15, 0.2) is 5.65 Å². The van der Waals surface area contributed by atoms with Gasteiger partial charge in [0.1, 0.15) is 6.33 Å². The van der Waals surface area contributed by atoms with Gasteiger partial charge >= 0.3 is 5.97 Å². The maximum absolute atomic E-state index is 10.3. The first-order valence-corrected chi connectivity index (χ1v) is 4.76. The zero-order chi connectivity index (χ0) is 10.7. The van der Waals surface area contributed by atoms with E-state index < -0.39 is 5.97 Å². The third kappa shape index (κ3) is 2.31. The van der Waals surface area contributed by atoms with Gasteiger partial charge in [0.25, 0.3) is 0 Å². The summed E-state index contributed by atoms with van der Waals surface area (Å²) < 4.78 is 1.68. The first kappa shape index (κ1) is 9.64. The van der Waals surface area contributed by atoms with Crippen LogP contribution in [0, 0.1) is 0 Å². The minimum atomic E-state index is -0.751. The summed E-state index contributed by atoms with van der Waals surface area (Å²) in [5.74, 6) is -0.751. The molecule has 5 nitrogen and oxygen atoms in total. The van der Waals surface area contributed by atoms with E-state index in [-0.39, 0.29) is 6.42 Å². The average Bonchev–Trinajstić information content (AvgIpc) is 2.64. The number of fused-ring (bicyclic) bond motifs is 1. The van der Waals surface area contributed by atoms with Crippen LogP contribution in [0.15, 0.2) is 24.7 Å². The number of hydrogen-bond acceptors (Lipinski definition) is 3. The summed E-state index contributed by atoms with van der Waals surface area (Å²) in [5, 5.41) is 12.5. The molecule has 2 heterocycles. The Bertz CT molecular complexity index is 478. The number of aromatic nitrogens is 3. The second kappa shape index (κ2) is 4.08. The van der Waals surface area contributed by atoms with Gasteiger partial charge in [-0.05, 0) is 30.5 Å². The number of carboxylic acid groups (broad SMARTS) is 1. The monoisotopic (exact) mass is 205 g/mol. The van der Waals surface area contributed by atoms with Crippen molar-refractivity contribution in [1.82, 2.24) is 14.6 Å². The van der Waals surface area contributed by atoms with Gasteiger partial charge in [-0.1, -0.05) is 0 Å². The van der Waals surface area contributed by atoms with E-state index >= 15 is 0 Å². The van der Waals surface area contributed by atoms with Gasteiger partial charge in [-0.15, -0.1) is 0 Å². The fourth-order valence-electron chi connectivity index (χ4n) is 1.46. The van der Waals surface area contributed by atoms with Gasteiger partial charge in [-0.3, -0.25) is 4.79 Å². The summed E-state index contributed by atoms with van der Waals surface area (Å²) in [7, 11) is 0. The summed E-state index contributed by atoms with van der Waals surface area (Å²) in [6, 6.07) is 3.86. The van der Waals surface area contributed by atoms with E-state index in [0.29, 0.717) is 6.42 Å². The highest BCUT2D eigenvalue weighted by Gasteiger charge is 2.00. The molecule has 0 aliphatic heterocycles. The molecule has 0 saturated carbocycles. The number of carboxylic acids is 1. The van der Waals surface area contributed by atoms with Crippen molar-refractivity contribution >= 4 is 11.6 Å². The van der Waals surface area contributed by atoms with Crippen molar-refractivity contribution in [1.29, 1.82) is 0 Å². The number of hydrogen-bond donors (Lipinski definition) is 1. The van der Waals surface area contributed by atoms with Crippen molar-refractivity contribution in [3.05, 3.63) is 30.2 Å². The first-order chi connectivity index (χ1) is 7.25. The lowest BCUT2D eigenvalue weighted by atomic mass is 10.1. The van der Waals surface area contributed by atoms with Crippen LogP contribution < -0.4 is 0 Å². The molecule has 0 radical (unpaired) electrons. The van der Waals surface area contributed by atoms with E-state index in [0.717, 1.165) is 17.6 Å². The lowest BCUT2D eigenvalue weighted by Gasteiger charge is -1.99. The van der Waals surface area contributed by atoms with Gasteiger partial charge in [-0.25, -0.2) is 9.50 Å². The largest absolute Gasteiger partial charge is 0.481 e. The van der Waals surface area contributed by atoms with Gasteiger partial charge < -0.3 is 5.11 Å². The van der Waals surface area contributed by atoms with E-state index in [1.54, 1.807) is 4.52 Å². The highest BCUT2D eigenvalue weighted by molar-refractivity contribution is 5.66. The molecule has 0 spiro atoms. The van der Waals surface area contributed by atoms with Gasteiger partial charge in [0.05, 0.1) is 0 Å². The molecule has 5 heteroatoms. The molecule has 78 valence electrons. The quantitative estimate of drug-likeness (QED) is 0.812. The molecule has 2 aromatic rings. The van der Waals surface area contributed by atoms with E-state index in [1.165, 1.54) is 6.33 Å². The van der Waals surface area contributed by atoms with Crippen molar-refractivity contribution in [2.75, 3.05) is 0 Å². The Morgan fingerprint density at radius 1 is 1.53 bits per heavy atom. The van der Waals surface area contributed by atoms with E-state index in [1.807, 2.05) is 18.3 Å². The van der Waals surface area contributed by atoms with Gasteiger partial charge in [-0.2, -0.15) is 5.10 Å². The molecular formula is C10H11N3O2. The lowest BCUT2D eigenvalue weighted by molar-refractivity contribution is -0.137. The third-order valence-electron chi connectivity index (χ3n) is 2.20. The minimum Gasteiger partial charge on any atom is -0.481 e. The molecule has 0 unspecified atom stereocenters. The lowest BCUT2D eigenvalue weighted by Crippen LogP contribution is -1.96. The number of rotatable bonds is 4. The normalized spacial score (nSPS) is 10.7. The molecule has 0 amide bonds. The van der Waals surface area contributed by atoms with Crippen LogP contribution in [-0.4, -0.2) is 25.7 Å². The number of nitrogens with zero attached hydrogens (tertiary/aromatic N) is 3. The third-order valence-corrected chi connectivity index (χ3v) is 2.20. The highest BCUT2D eigenvalue weighted by atomic mass is 16.4. The standard InChI is InChI=1S/C10H11N3O2/c14-10(15)3-1-2-8-4-5-13-9(6-8)11-7-12-13/h4-7H,1-3H2,(H,14,15). The van der Waals surface area contributed by atoms with Crippen LogP contribution in [0.1, 0.15) is 18.4 Å². The molecule has 0 saturated heterocycles. The fraction of sp³-hybridized carbons (Fsp3) is 0.300. The van der Waals surface area contributed by atoms with Gasteiger partial charge in [0, 0.05) is 12.6 Å². The Kier molecular flexibility index (Phi) is 2.62.